The number of carboxylic acid groups (broad SMARTS) is 1. The smallest absolute Gasteiger partial charge is 0.320 e. The van der Waals surface area contributed by atoms with Crippen LogP contribution in [0.5, 0.6) is 0 Å². The highest BCUT2D eigenvalue weighted by Gasteiger charge is 2.14. The van der Waals surface area contributed by atoms with Crippen LogP contribution in [0.3, 0.4) is 0 Å². The second-order valence-corrected chi connectivity index (χ2v) is 2.20. The van der Waals surface area contributed by atoms with Crippen LogP contribution in [0.1, 0.15) is 13.8 Å². The number of rotatable bonds is 2. The normalized spacial score (nSPS) is 10.9. The van der Waals surface area contributed by atoms with Gasteiger partial charge in [-0.3, -0.25) is 9.71 Å². The molecule has 0 saturated heterocycles. The van der Waals surface area contributed by atoms with Crippen LogP contribution in [0.25, 0.3) is 16.0 Å². The molecule has 6 nitrogen and oxygen atoms in total. The number of nitrogens with zero attached hydrogens (tertiary/aromatic N) is 3. The zero-order valence-corrected chi connectivity index (χ0v) is 6.43. The highest BCUT2D eigenvalue weighted by Crippen LogP contribution is 1.96. The third-order valence-corrected chi connectivity index (χ3v) is 1.00. The minimum atomic E-state index is -0.931. The van der Waals surface area contributed by atoms with Crippen LogP contribution in [0, 0.1) is 5.92 Å². The Hall–Kier alpha value is -1.26. The predicted octanol–water partition coefficient (Wildman–Crippen LogP) is 0.920. The molecule has 0 radical (unpaired) electrons. The van der Waals surface area contributed by atoms with E-state index in [9.17, 15) is 4.79 Å². The molecule has 1 atom stereocenters. The Morgan fingerprint density at radius 1 is 1.55 bits per heavy atom. The molecule has 0 spiro atoms. The molecule has 0 aliphatic carbocycles. The summed E-state index contributed by atoms with van der Waals surface area (Å²) in [5, 5.41) is 8.23. The molecule has 0 aliphatic heterocycles. The molecule has 0 aliphatic rings. The summed E-state index contributed by atoms with van der Waals surface area (Å²) < 4.78 is 0. The Morgan fingerprint density at radius 3 is 1.82 bits per heavy atom. The fraction of sp³-hybridized carbons (Fsp3) is 0.800. The van der Waals surface area contributed by atoms with E-state index < -0.39 is 12.0 Å². The van der Waals surface area contributed by atoms with Gasteiger partial charge in [0.15, 0.2) is 0 Å². The Bertz CT molecular complexity index is 151. The van der Waals surface area contributed by atoms with Crippen LogP contribution >= 0.6 is 0 Å². The van der Waals surface area contributed by atoms with Gasteiger partial charge in [-0.15, -0.1) is 0 Å². The van der Waals surface area contributed by atoms with Gasteiger partial charge in [0, 0.05) is 0 Å². The van der Waals surface area contributed by atoms with E-state index in [1.807, 2.05) is 0 Å². The fourth-order valence-electron chi connectivity index (χ4n) is 0.285. The average Bonchev–Trinajstić information content (AvgIpc) is 1.87. The van der Waals surface area contributed by atoms with Crippen LogP contribution in [0.4, 0.5) is 0 Å². The molecule has 0 unspecified atom stereocenters. The van der Waals surface area contributed by atoms with Crippen LogP contribution in [0.15, 0.2) is 0 Å². The van der Waals surface area contributed by atoms with Gasteiger partial charge in [-0.1, -0.05) is 13.8 Å². The molecule has 0 aromatic heterocycles. The molecule has 0 amide bonds. The van der Waals surface area contributed by atoms with Gasteiger partial charge in [-0.05, 0) is 5.92 Å². The van der Waals surface area contributed by atoms with E-state index in [1.54, 1.807) is 13.8 Å². The molecule has 0 fully saturated rings. The Balaban J connectivity index is 0. The summed E-state index contributed by atoms with van der Waals surface area (Å²) >= 11 is 0. The van der Waals surface area contributed by atoms with Crippen molar-refractivity contribution < 1.29 is 9.90 Å². The summed E-state index contributed by atoms with van der Waals surface area (Å²) in [6.45, 7) is 3.55. The molecular formula is C5H11N4O2-. The topological polar surface area (TPSA) is 122 Å². The van der Waals surface area contributed by atoms with Gasteiger partial charge in [0.25, 0.3) is 0 Å². The van der Waals surface area contributed by atoms with E-state index in [1.165, 1.54) is 4.91 Å². The first-order valence-electron chi connectivity index (χ1n) is 2.94. The Kier molecular flexibility index (Phi) is 7.74. The molecule has 0 heterocycles. The SMILES string of the molecule is CC(C)[C@H](N)C(=O)O.[N-]=[N+]=[N-]. The number of hydrogen-bond acceptors (Lipinski definition) is 2. The van der Waals surface area contributed by atoms with Gasteiger partial charge in [0.1, 0.15) is 6.04 Å². The van der Waals surface area contributed by atoms with Crippen molar-refractivity contribution in [2.45, 2.75) is 19.9 Å². The van der Waals surface area contributed by atoms with E-state index in [2.05, 4.69) is 0 Å². The number of nitrogens with two attached hydrogens (primary N) is 1. The monoisotopic (exact) mass is 159 g/mol. The summed E-state index contributed by atoms with van der Waals surface area (Å²) in [5.74, 6) is -0.910. The molecule has 0 rings (SSSR count). The van der Waals surface area contributed by atoms with Crippen LogP contribution in [-0.2, 0) is 4.79 Å². The van der Waals surface area contributed by atoms with Crippen molar-refractivity contribution in [2.24, 2.45) is 11.7 Å². The van der Waals surface area contributed by atoms with Crippen LogP contribution in [0.2, 0.25) is 0 Å². The maximum atomic E-state index is 10.0. The lowest BCUT2D eigenvalue weighted by molar-refractivity contribution is -0.139. The highest BCUT2D eigenvalue weighted by molar-refractivity contribution is 5.73. The van der Waals surface area contributed by atoms with Crippen molar-refractivity contribution in [1.29, 1.82) is 0 Å². The summed E-state index contributed by atoms with van der Waals surface area (Å²) in [7, 11) is 0. The lowest BCUT2D eigenvalue weighted by Gasteiger charge is -2.07. The summed E-state index contributed by atoms with van der Waals surface area (Å²) in [6, 6.07) is -0.713. The van der Waals surface area contributed by atoms with Crippen LogP contribution < -0.4 is 5.73 Å². The molecule has 11 heavy (non-hydrogen) atoms. The number of carbonyl (C=O) groups is 1. The van der Waals surface area contributed by atoms with Gasteiger partial charge >= 0.3 is 5.97 Å². The predicted molar refractivity (Wildman–Crippen MR) is 40.5 cm³/mol. The molecule has 64 valence electrons. The Labute approximate surface area is 64.4 Å². The molecule has 6 heteroatoms. The first-order valence-corrected chi connectivity index (χ1v) is 2.94. The average molecular weight is 159 g/mol. The summed E-state index contributed by atoms with van der Waals surface area (Å²) in [6.07, 6.45) is 0. The van der Waals surface area contributed by atoms with Crippen molar-refractivity contribution >= 4 is 5.97 Å². The highest BCUT2D eigenvalue weighted by atomic mass is 16.4. The van der Waals surface area contributed by atoms with E-state index in [-0.39, 0.29) is 5.92 Å². The second kappa shape index (κ2) is 6.85. The van der Waals surface area contributed by atoms with E-state index in [0.717, 1.165) is 0 Å². The molecule has 0 bridgehead atoms. The molecule has 0 aromatic carbocycles. The van der Waals surface area contributed by atoms with E-state index >= 15 is 0 Å². The Morgan fingerprint density at radius 2 is 1.82 bits per heavy atom. The zero-order valence-electron chi connectivity index (χ0n) is 6.43. The van der Waals surface area contributed by atoms with Gasteiger partial charge in [0.2, 0.25) is 0 Å². The summed E-state index contributed by atoms with van der Waals surface area (Å²) in [4.78, 5) is 11.5. The van der Waals surface area contributed by atoms with Crippen molar-refractivity contribution in [2.75, 3.05) is 0 Å². The number of hydrogen-bond donors (Lipinski definition) is 2. The first kappa shape index (κ1) is 12.4. The maximum Gasteiger partial charge on any atom is 0.320 e. The van der Waals surface area contributed by atoms with Crippen LogP contribution in [-0.4, -0.2) is 17.1 Å². The van der Waals surface area contributed by atoms with Gasteiger partial charge in [-0.2, -0.15) is 0 Å². The quantitative estimate of drug-likeness (QED) is 0.353. The first-order chi connectivity index (χ1) is 4.97. The fourth-order valence-corrected chi connectivity index (χ4v) is 0.285. The lowest BCUT2D eigenvalue weighted by Crippen LogP contribution is -2.34. The molecule has 0 aromatic rings. The molecular weight excluding hydrogens is 148 g/mol. The number of aliphatic carboxylic acids is 1. The van der Waals surface area contributed by atoms with E-state index in [0.29, 0.717) is 0 Å². The van der Waals surface area contributed by atoms with Gasteiger partial charge in [0.05, 0.1) is 0 Å². The minimum absolute atomic E-state index is 0.0208. The molecule has 3 N–H and O–H groups in total. The van der Waals surface area contributed by atoms with Gasteiger partial charge < -0.3 is 21.9 Å². The second-order valence-electron chi connectivity index (χ2n) is 2.20. The van der Waals surface area contributed by atoms with Crippen molar-refractivity contribution in [3.8, 4) is 0 Å². The molecule has 0 saturated carbocycles. The van der Waals surface area contributed by atoms with E-state index in [4.69, 9.17) is 21.9 Å². The lowest BCUT2D eigenvalue weighted by atomic mass is 10.1. The number of carboxylic acids is 1. The zero-order chi connectivity index (χ0) is 9.44. The van der Waals surface area contributed by atoms with Gasteiger partial charge in [-0.25, -0.2) is 0 Å². The maximum absolute atomic E-state index is 10.0. The third-order valence-electron chi connectivity index (χ3n) is 1.00. The van der Waals surface area contributed by atoms with Crippen molar-refractivity contribution in [1.82, 2.24) is 0 Å². The minimum Gasteiger partial charge on any atom is -0.480 e. The van der Waals surface area contributed by atoms with Crippen molar-refractivity contribution in [3.63, 3.8) is 0 Å². The standard InChI is InChI=1S/C5H11NO2.N3/c1-3(2)4(6)5(7)8;1-3-2/h3-4H,6H2,1-2H3,(H,7,8);/q;-1/t4-;/m0./s1. The largest absolute Gasteiger partial charge is 0.480 e. The summed E-state index contributed by atoms with van der Waals surface area (Å²) in [5.41, 5.74) is 18.7. The third kappa shape index (κ3) is 8.74. The van der Waals surface area contributed by atoms with Crippen molar-refractivity contribution in [3.05, 3.63) is 16.0 Å².